The molecule has 0 aromatic heterocycles. The molecule has 10 heteroatoms. The van der Waals surface area contributed by atoms with Crippen LogP contribution in [0.3, 0.4) is 0 Å². The number of nitrogens with one attached hydrogen (secondary N) is 1. The molecule has 0 radical (unpaired) electrons. The van der Waals surface area contributed by atoms with E-state index in [2.05, 4.69) is 5.32 Å². The van der Waals surface area contributed by atoms with Crippen LogP contribution < -0.4 is 5.32 Å². The highest BCUT2D eigenvalue weighted by atomic mass is 16.6. The smallest absolute Gasteiger partial charge is 0.313 e. The van der Waals surface area contributed by atoms with Gasteiger partial charge in [-0.05, 0) is 37.7 Å². The first kappa shape index (κ1) is 32.9. The first-order valence-corrected chi connectivity index (χ1v) is 16.4. The second-order valence-corrected chi connectivity index (χ2v) is 13.2. The Balaban J connectivity index is 1.60. The summed E-state index contributed by atoms with van der Waals surface area (Å²) in [6, 6.07) is 7.00. The number of nitrogens with zero attached hydrogens (tertiary/aromatic N) is 2. The summed E-state index contributed by atoms with van der Waals surface area (Å²) in [6.45, 7) is 8.32. The number of aliphatic hydroxyl groups is 1. The highest BCUT2D eigenvalue weighted by Gasteiger charge is 2.74. The number of carbonyl (C=O) groups excluding carboxylic acids is 4. The van der Waals surface area contributed by atoms with Crippen LogP contribution in [0.1, 0.15) is 71.5 Å². The Hall–Kier alpha value is -3.50. The van der Waals surface area contributed by atoms with Crippen molar-refractivity contribution in [2.75, 3.05) is 19.7 Å². The number of likely N-dealkylation sites (tertiary alicyclic amines) is 1. The number of rotatable bonds is 8. The van der Waals surface area contributed by atoms with Crippen LogP contribution in [-0.2, 0) is 28.7 Å². The number of hydrogen-bond acceptors (Lipinski definition) is 7. The Morgan fingerprint density at radius 1 is 1.09 bits per heavy atom. The predicted octanol–water partition coefficient (Wildman–Crippen LogP) is 3.31. The summed E-state index contributed by atoms with van der Waals surface area (Å²) in [5.74, 6) is -3.29. The van der Waals surface area contributed by atoms with Gasteiger partial charge in [0, 0.05) is 19.5 Å². The number of ether oxygens (including phenoxy) is 2. The third-order valence-electron chi connectivity index (χ3n) is 9.50. The molecule has 2 saturated heterocycles. The van der Waals surface area contributed by atoms with Gasteiger partial charge in [-0.2, -0.15) is 0 Å². The quantitative estimate of drug-likeness (QED) is 0.337. The third kappa shape index (κ3) is 6.31. The molecule has 0 unspecified atom stereocenters. The van der Waals surface area contributed by atoms with Crippen LogP contribution in [0.15, 0.2) is 54.6 Å². The van der Waals surface area contributed by atoms with E-state index in [0.717, 1.165) is 12.8 Å². The van der Waals surface area contributed by atoms with Crippen LogP contribution in [0.5, 0.6) is 0 Å². The molecular formula is C35H47N3O7. The standard InChI is InChI=1S/C35H47N3O7/c1-5-6-18-37-19-12-8-11-15-27(40)36-23(4)30(24-13-9-7-10-14-24)44-34(43)28-26-16-17-35(45-26)29(28)32(41)38(31(35)33(37)42)25(21-39)20-22(2)3/h7-10,12-14,16-17,22-23,25-26,28-31,39H,5-6,11,15,18-21H2,1-4H3,(H,36,40)/b12-8-/t23-,25-,26+,28-,29-,30+,31+,35-/m1/s1. The lowest BCUT2D eigenvalue weighted by molar-refractivity contribution is -0.162. The van der Waals surface area contributed by atoms with Crippen LogP contribution in [0.25, 0.3) is 0 Å². The minimum Gasteiger partial charge on any atom is -0.455 e. The summed E-state index contributed by atoms with van der Waals surface area (Å²) in [5, 5.41) is 13.5. The van der Waals surface area contributed by atoms with Crippen molar-refractivity contribution >= 4 is 23.7 Å². The first-order chi connectivity index (χ1) is 21.6. The maximum atomic E-state index is 14.6. The fourth-order valence-electron chi connectivity index (χ4n) is 7.42. The SMILES string of the molecule is CCCCN1C/C=C\CCC(=O)N[C@H](C)[C@@H](c2ccccc2)OC(=O)[C@@H]2[C@@H]3C=C[C@]4(O3)[C@H](C1=O)N([C@@H](CO)CC(C)C)C(=O)[C@@H]24. The van der Waals surface area contributed by atoms with E-state index in [4.69, 9.17) is 9.47 Å². The molecule has 1 spiro atoms. The predicted molar refractivity (Wildman–Crippen MR) is 167 cm³/mol. The van der Waals surface area contributed by atoms with Crippen LogP contribution >= 0.6 is 0 Å². The molecule has 5 bridgehead atoms. The molecule has 4 heterocycles. The van der Waals surface area contributed by atoms with Gasteiger partial charge in [0.2, 0.25) is 17.7 Å². The number of unbranched alkanes of at least 4 members (excludes halogenated alkanes) is 1. The molecule has 10 nitrogen and oxygen atoms in total. The van der Waals surface area contributed by atoms with E-state index in [1.807, 2.05) is 63.3 Å². The number of amides is 3. The number of hydrogen-bond donors (Lipinski definition) is 2. The molecule has 244 valence electrons. The molecule has 5 rings (SSSR count). The molecule has 3 amide bonds. The van der Waals surface area contributed by atoms with E-state index >= 15 is 0 Å². The van der Waals surface area contributed by atoms with Gasteiger partial charge in [-0.3, -0.25) is 19.2 Å². The molecule has 0 aliphatic carbocycles. The summed E-state index contributed by atoms with van der Waals surface area (Å²) in [4.78, 5) is 59.5. The zero-order chi connectivity index (χ0) is 32.3. The van der Waals surface area contributed by atoms with Crippen molar-refractivity contribution in [3.05, 3.63) is 60.2 Å². The fourth-order valence-corrected chi connectivity index (χ4v) is 7.42. The highest BCUT2D eigenvalue weighted by Crippen LogP contribution is 2.56. The largest absolute Gasteiger partial charge is 0.455 e. The molecular weight excluding hydrogens is 574 g/mol. The van der Waals surface area contributed by atoms with Gasteiger partial charge in [0.25, 0.3) is 0 Å². The maximum absolute atomic E-state index is 14.6. The first-order valence-electron chi connectivity index (χ1n) is 16.4. The third-order valence-corrected chi connectivity index (χ3v) is 9.50. The van der Waals surface area contributed by atoms with Crippen molar-refractivity contribution in [2.45, 2.75) is 95.7 Å². The van der Waals surface area contributed by atoms with Gasteiger partial charge < -0.3 is 29.7 Å². The zero-order valence-electron chi connectivity index (χ0n) is 26.8. The number of aliphatic hydroxyl groups excluding tert-OH is 1. The lowest BCUT2D eigenvalue weighted by atomic mass is 9.74. The normalized spacial score (nSPS) is 33.4. The molecule has 0 saturated carbocycles. The number of fused-ring (bicyclic) bond motifs is 2. The van der Waals surface area contributed by atoms with E-state index < -0.39 is 53.7 Å². The molecule has 4 aliphatic rings. The van der Waals surface area contributed by atoms with Gasteiger partial charge in [-0.15, -0.1) is 0 Å². The van der Waals surface area contributed by atoms with Crippen LogP contribution in [0.4, 0.5) is 0 Å². The molecule has 4 aliphatic heterocycles. The van der Waals surface area contributed by atoms with Crippen molar-refractivity contribution in [3.8, 4) is 0 Å². The second kappa shape index (κ2) is 13.9. The van der Waals surface area contributed by atoms with Crippen molar-refractivity contribution in [2.24, 2.45) is 17.8 Å². The zero-order valence-corrected chi connectivity index (χ0v) is 26.8. The fraction of sp³-hybridized carbons (Fsp3) is 0.600. The van der Waals surface area contributed by atoms with E-state index in [1.54, 1.807) is 24.0 Å². The van der Waals surface area contributed by atoms with Gasteiger partial charge in [0.1, 0.15) is 23.7 Å². The number of allylic oxidation sites excluding steroid dienone is 1. The molecule has 1 aromatic carbocycles. The van der Waals surface area contributed by atoms with E-state index in [9.17, 15) is 24.3 Å². The summed E-state index contributed by atoms with van der Waals surface area (Å²) in [5.41, 5.74) is -0.654. The van der Waals surface area contributed by atoms with E-state index in [1.165, 1.54) is 4.90 Å². The molecule has 1 aromatic rings. The minimum atomic E-state index is -1.36. The molecule has 45 heavy (non-hydrogen) atoms. The van der Waals surface area contributed by atoms with Crippen molar-refractivity contribution < 1.29 is 33.8 Å². The number of benzene rings is 1. The van der Waals surface area contributed by atoms with Gasteiger partial charge in [-0.25, -0.2) is 0 Å². The Bertz CT molecular complexity index is 1310. The van der Waals surface area contributed by atoms with Gasteiger partial charge in [0.05, 0.1) is 30.7 Å². The van der Waals surface area contributed by atoms with Gasteiger partial charge in [0.15, 0.2) is 0 Å². The van der Waals surface area contributed by atoms with Gasteiger partial charge >= 0.3 is 5.97 Å². The van der Waals surface area contributed by atoms with Crippen LogP contribution in [0, 0.1) is 17.8 Å². The summed E-state index contributed by atoms with van der Waals surface area (Å²) in [6.07, 6.45) is 8.62. The van der Waals surface area contributed by atoms with Crippen LogP contribution in [-0.4, -0.2) is 88.1 Å². The Morgan fingerprint density at radius 2 is 1.84 bits per heavy atom. The van der Waals surface area contributed by atoms with Crippen molar-refractivity contribution in [3.63, 3.8) is 0 Å². The summed E-state index contributed by atoms with van der Waals surface area (Å²) < 4.78 is 12.7. The number of carbonyl (C=O) groups is 4. The Kier molecular flexibility index (Phi) is 10.1. The summed E-state index contributed by atoms with van der Waals surface area (Å²) in [7, 11) is 0. The van der Waals surface area contributed by atoms with Crippen molar-refractivity contribution in [1.82, 2.24) is 15.1 Å². The topological polar surface area (TPSA) is 125 Å². The van der Waals surface area contributed by atoms with E-state index in [-0.39, 0.29) is 36.7 Å². The van der Waals surface area contributed by atoms with Gasteiger partial charge in [-0.1, -0.05) is 81.8 Å². The second-order valence-electron chi connectivity index (χ2n) is 13.2. The Morgan fingerprint density at radius 3 is 2.53 bits per heavy atom. The molecule has 2 N–H and O–H groups in total. The highest BCUT2D eigenvalue weighted by molar-refractivity contribution is 5.99. The summed E-state index contributed by atoms with van der Waals surface area (Å²) >= 11 is 0. The molecule has 2 fully saturated rings. The maximum Gasteiger partial charge on any atom is 0.313 e. The molecule has 8 atom stereocenters. The number of cyclic esters (lactones) is 1. The van der Waals surface area contributed by atoms with Crippen molar-refractivity contribution in [1.29, 1.82) is 0 Å². The lowest BCUT2D eigenvalue weighted by Crippen LogP contribution is -2.58. The lowest BCUT2D eigenvalue weighted by Gasteiger charge is -2.39. The minimum absolute atomic E-state index is 0.144. The van der Waals surface area contributed by atoms with E-state index in [0.29, 0.717) is 31.5 Å². The average molecular weight is 622 g/mol. The number of esters is 1. The van der Waals surface area contributed by atoms with Crippen LogP contribution in [0.2, 0.25) is 0 Å². The average Bonchev–Trinajstić information content (AvgIpc) is 3.66. The monoisotopic (exact) mass is 621 g/mol. The Labute approximate surface area is 265 Å².